The molecule has 0 aliphatic heterocycles. The summed E-state index contributed by atoms with van der Waals surface area (Å²) in [5.41, 5.74) is 0. The first-order valence-corrected chi connectivity index (χ1v) is 14.9. The van der Waals surface area contributed by atoms with E-state index in [2.05, 4.69) is 38.2 Å². The molecule has 1 N–H and O–H groups in total. The van der Waals surface area contributed by atoms with Crippen LogP contribution in [-0.4, -0.2) is 36.4 Å². The number of hydrogen-bond donors (Lipinski definition) is 1. The van der Waals surface area contributed by atoms with E-state index in [0.29, 0.717) is 12.8 Å². The van der Waals surface area contributed by atoms with Crippen molar-refractivity contribution in [3.63, 3.8) is 0 Å². The van der Waals surface area contributed by atoms with E-state index in [-0.39, 0.29) is 25.2 Å². The molecule has 0 radical (unpaired) electrons. The summed E-state index contributed by atoms with van der Waals surface area (Å²) in [7, 11) is 0. The van der Waals surface area contributed by atoms with E-state index in [1.165, 1.54) is 64.2 Å². The third-order valence-corrected chi connectivity index (χ3v) is 6.23. The number of aliphatic hydroxyl groups is 1. The molecule has 210 valence electrons. The van der Waals surface area contributed by atoms with Gasteiger partial charge in [-0.3, -0.25) is 9.59 Å². The average molecular weight is 509 g/mol. The van der Waals surface area contributed by atoms with Gasteiger partial charge in [-0.2, -0.15) is 0 Å². The number of allylic oxidation sites excluding steroid dienone is 4. The highest BCUT2D eigenvalue weighted by Gasteiger charge is 2.16. The molecule has 36 heavy (non-hydrogen) atoms. The Hall–Kier alpha value is -1.62. The summed E-state index contributed by atoms with van der Waals surface area (Å²) in [6, 6.07) is 0. The van der Waals surface area contributed by atoms with E-state index in [1.807, 2.05) is 0 Å². The largest absolute Gasteiger partial charge is 0.462 e. The maximum Gasteiger partial charge on any atom is 0.306 e. The Balaban J connectivity index is 3.62. The van der Waals surface area contributed by atoms with Gasteiger partial charge in [-0.05, 0) is 51.4 Å². The van der Waals surface area contributed by atoms with E-state index in [0.717, 1.165) is 51.4 Å². The van der Waals surface area contributed by atoms with Crippen LogP contribution in [0.3, 0.4) is 0 Å². The lowest BCUT2D eigenvalue weighted by atomic mass is 10.1. The normalized spacial score (nSPS) is 12.4. The first-order valence-electron chi connectivity index (χ1n) is 14.9. The molecule has 0 rings (SSSR count). The van der Waals surface area contributed by atoms with Gasteiger partial charge in [0.1, 0.15) is 6.61 Å². The van der Waals surface area contributed by atoms with Crippen molar-refractivity contribution in [3.05, 3.63) is 24.3 Å². The predicted molar refractivity (Wildman–Crippen MR) is 150 cm³/mol. The van der Waals surface area contributed by atoms with E-state index in [1.54, 1.807) is 0 Å². The standard InChI is InChI=1S/C31H56O5/c1-3-5-7-9-11-13-15-16-18-19-21-23-25-30(33)35-28-29(27-32)36-31(34)26-24-22-20-17-14-12-10-8-6-4-2/h6,8-9,11,29,32H,3-5,7,10,12-28H2,1-2H3/b8-6-,11-9-/t29-/m0/s1. The second kappa shape index (κ2) is 28.0. The first kappa shape index (κ1) is 34.4. The molecule has 0 aliphatic carbocycles. The van der Waals surface area contributed by atoms with Crippen molar-refractivity contribution in [1.29, 1.82) is 0 Å². The van der Waals surface area contributed by atoms with Crippen LogP contribution >= 0.6 is 0 Å². The minimum atomic E-state index is -0.770. The molecular weight excluding hydrogens is 452 g/mol. The highest BCUT2D eigenvalue weighted by Crippen LogP contribution is 2.12. The summed E-state index contributed by atoms with van der Waals surface area (Å²) >= 11 is 0. The molecule has 0 aromatic rings. The number of unbranched alkanes of at least 4 members (excludes halogenated alkanes) is 14. The molecule has 1 atom stereocenters. The zero-order chi connectivity index (χ0) is 26.5. The average Bonchev–Trinajstić information content (AvgIpc) is 2.88. The van der Waals surface area contributed by atoms with Crippen molar-refractivity contribution in [2.24, 2.45) is 0 Å². The zero-order valence-corrected chi connectivity index (χ0v) is 23.5. The Morgan fingerprint density at radius 3 is 1.64 bits per heavy atom. The molecule has 0 saturated carbocycles. The Bertz CT molecular complexity index is 555. The van der Waals surface area contributed by atoms with E-state index < -0.39 is 6.10 Å². The van der Waals surface area contributed by atoms with E-state index >= 15 is 0 Å². The van der Waals surface area contributed by atoms with Crippen molar-refractivity contribution in [2.45, 2.75) is 148 Å². The Morgan fingerprint density at radius 2 is 1.11 bits per heavy atom. The number of hydrogen-bond acceptors (Lipinski definition) is 5. The molecule has 0 saturated heterocycles. The lowest BCUT2D eigenvalue weighted by Gasteiger charge is -2.15. The number of carbonyl (C=O) groups is 2. The SMILES string of the molecule is CC/C=C\CCCCCCCCC(=O)O[C@@H](CO)COC(=O)CCCCCCCC/C=C\CCCC. The molecular formula is C31H56O5. The summed E-state index contributed by atoms with van der Waals surface area (Å²) in [5, 5.41) is 9.44. The van der Waals surface area contributed by atoms with Crippen LogP contribution in [0.2, 0.25) is 0 Å². The third kappa shape index (κ3) is 25.5. The number of carbonyl (C=O) groups excluding carboxylic acids is 2. The maximum atomic E-state index is 12.0. The molecule has 0 heterocycles. The molecule has 5 heteroatoms. The quantitative estimate of drug-likeness (QED) is 0.0721. The molecule has 0 bridgehead atoms. The highest BCUT2D eigenvalue weighted by molar-refractivity contribution is 5.70. The van der Waals surface area contributed by atoms with Crippen LogP contribution in [0.1, 0.15) is 142 Å². The summed E-state index contributed by atoms with van der Waals surface area (Å²) < 4.78 is 10.5. The molecule has 0 aromatic carbocycles. The molecule has 0 aliphatic rings. The smallest absolute Gasteiger partial charge is 0.306 e. The Morgan fingerprint density at radius 1 is 0.639 bits per heavy atom. The fourth-order valence-electron chi connectivity index (χ4n) is 3.95. The van der Waals surface area contributed by atoms with Gasteiger partial charge in [-0.25, -0.2) is 0 Å². The van der Waals surface area contributed by atoms with E-state index in [4.69, 9.17) is 9.47 Å². The molecule has 0 spiro atoms. The van der Waals surface area contributed by atoms with Crippen LogP contribution in [0.4, 0.5) is 0 Å². The first-order chi connectivity index (χ1) is 17.6. The van der Waals surface area contributed by atoms with Gasteiger partial charge in [0.2, 0.25) is 0 Å². The van der Waals surface area contributed by atoms with Crippen LogP contribution in [-0.2, 0) is 19.1 Å². The van der Waals surface area contributed by atoms with Gasteiger partial charge in [0.25, 0.3) is 0 Å². The second-order valence-electron chi connectivity index (χ2n) is 9.79. The van der Waals surface area contributed by atoms with Gasteiger partial charge in [-0.15, -0.1) is 0 Å². The van der Waals surface area contributed by atoms with Gasteiger partial charge < -0.3 is 14.6 Å². The topological polar surface area (TPSA) is 72.8 Å². The van der Waals surface area contributed by atoms with Crippen LogP contribution in [0.5, 0.6) is 0 Å². The minimum Gasteiger partial charge on any atom is -0.462 e. The summed E-state index contributed by atoms with van der Waals surface area (Å²) in [6.45, 7) is 3.96. The van der Waals surface area contributed by atoms with E-state index in [9.17, 15) is 14.7 Å². The number of ether oxygens (including phenoxy) is 2. The number of rotatable bonds is 26. The van der Waals surface area contributed by atoms with Gasteiger partial charge >= 0.3 is 11.9 Å². The lowest BCUT2D eigenvalue weighted by molar-refractivity contribution is -0.161. The zero-order valence-electron chi connectivity index (χ0n) is 23.5. The Labute approximate surface area is 222 Å². The van der Waals surface area contributed by atoms with Crippen molar-refractivity contribution < 1.29 is 24.2 Å². The van der Waals surface area contributed by atoms with Crippen LogP contribution in [0.25, 0.3) is 0 Å². The third-order valence-electron chi connectivity index (χ3n) is 6.23. The van der Waals surface area contributed by atoms with Crippen molar-refractivity contribution in [3.8, 4) is 0 Å². The molecule has 0 aromatic heterocycles. The fourth-order valence-corrected chi connectivity index (χ4v) is 3.95. The van der Waals surface area contributed by atoms with Crippen molar-refractivity contribution >= 4 is 11.9 Å². The molecule has 5 nitrogen and oxygen atoms in total. The van der Waals surface area contributed by atoms with Gasteiger partial charge in [-0.1, -0.05) is 102 Å². The van der Waals surface area contributed by atoms with Gasteiger partial charge in [0.15, 0.2) is 6.10 Å². The van der Waals surface area contributed by atoms with Crippen molar-refractivity contribution in [1.82, 2.24) is 0 Å². The van der Waals surface area contributed by atoms with Gasteiger partial charge in [0, 0.05) is 12.8 Å². The molecule has 0 fully saturated rings. The summed E-state index contributed by atoms with van der Waals surface area (Å²) in [4.78, 5) is 24.0. The fraction of sp³-hybridized carbons (Fsp3) is 0.806. The molecule has 0 amide bonds. The van der Waals surface area contributed by atoms with Crippen LogP contribution < -0.4 is 0 Å². The van der Waals surface area contributed by atoms with Crippen molar-refractivity contribution in [2.75, 3.05) is 13.2 Å². The number of aliphatic hydroxyl groups excluding tert-OH is 1. The second-order valence-corrected chi connectivity index (χ2v) is 9.79. The number of esters is 2. The monoisotopic (exact) mass is 508 g/mol. The predicted octanol–water partition coefficient (Wildman–Crippen LogP) is 8.39. The summed E-state index contributed by atoms with van der Waals surface area (Å²) in [6.07, 6.45) is 29.4. The highest BCUT2D eigenvalue weighted by atomic mass is 16.6. The lowest BCUT2D eigenvalue weighted by Crippen LogP contribution is -2.28. The van der Waals surface area contributed by atoms with Crippen LogP contribution in [0.15, 0.2) is 24.3 Å². The van der Waals surface area contributed by atoms with Gasteiger partial charge in [0.05, 0.1) is 6.61 Å². The Kier molecular flexibility index (Phi) is 26.7. The molecule has 0 unspecified atom stereocenters. The maximum absolute atomic E-state index is 12.0. The summed E-state index contributed by atoms with van der Waals surface area (Å²) in [5.74, 6) is -0.613. The minimum absolute atomic E-state index is 0.0701. The van der Waals surface area contributed by atoms with Crippen LogP contribution in [0, 0.1) is 0 Å².